The molecule has 0 saturated carbocycles. The van der Waals surface area contributed by atoms with Crippen LogP contribution in [0.25, 0.3) is 11.0 Å². The average Bonchev–Trinajstić information content (AvgIpc) is 2.75. The first-order valence-corrected chi connectivity index (χ1v) is 7.15. The quantitative estimate of drug-likeness (QED) is 0.699. The minimum atomic E-state index is -0.343. The first-order chi connectivity index (χ1) is 8.69. The van der Waals surface area contributed by atoms with Crippen molar-refractivity contribution in [3.05, 3.63) is 23.8 Å². The number of H-pyrrole nitrogens is 1. The Balaban J connectivity index is 1.95. The number of thioether (sulfide) groups is 1. The molecule has 3 N–H and O–H groups in total. The molecule has 1 heterocycles. The van der Waals surface area contributed by atoms with Gasteiger partial charge in [-0.1, -0.05) is 24.8 Å². The molecule has 0 aliphatic heterocycles. The van der Waals surface area contributed by atoms with Gasteiger partial charge in [0.15, 0.2) is 5.16 Å². The maximum absolute atomic E-state index is 9.74. The van der Waals surface area contributed by atoms with Gasteiger partial charge < -0.3 is 15.4 Å². The van der Waals surface area contributed by atoms with Gasteiger partial charge in [0.2, 0.25) is 0 Å². The molecule has 0 radical (unpaired) electrons. The first-order valence-electron chi connectivity index (χ1n) is 6.17. The molecule has 1 unspecified atom stereocenters. The summed E-state index contributed by atoms with van der Waals surface area (Å²) in [6.45, 7) is 5.60. The number of fused-ring (bicyclic) bond motifs is 1. The third kappa shape index (κ3) is 3.48. The number of nitrogens with one attached hydrogen (secondary N) is 2. The highest BCUT2D eigenvalue weighted by atomic mass is 32.2. The summed E-state index contributed by atoms with van der Waals surface area (Å²) in [5.41, 5.74) is 3.25. The van der Waals surface area contributed by atoms with E-state index in [1.165, 1.54) is 5.56 Å². The van der Waals surface area contributed by atoms with E-state index in [1.54, 1.807) is 11.8 Å². The Morgan fingerprint density at radius 1 is 1.50 bits per heavy atom. The Morgan fingerprint density at radius 3 is 3.11 bits per heavy atom. The maximum Gasteiger partial charge on any atom is 0.166 e. The third-order valence-corrected chi connectivity index (χ3v) is 3.68. The van der Waals surface area contributed by atoms with Crippen molar-refractivity contribution in [1.29, 1.82) is 0 Å². The van der Waals surface area contributed by atoms with Crippen molar-refractivity contribution in [3.8, 4) is 0 Å². The molecule has 0 spiro atoms. The first kappa shape index (κ1) is 13.4. The summed E-state index contributed by atoms with van der Waals surface area (Å²) in [6.07, 6.45) is -0.343. The zero-order valence-electron chi connectivity index (χ0n) is 10.7. The van der Waals surface area contributed by atoms with E-state index in [-0.39, 0.29) is 6.10 Å². The number of rotatable bonds is 6. The summed E-state index contributed by atoms with van der Waals surface area (Å²) in [6, 6.07) is 6.15. The van der Waals surface area contributed by atoms with Crippen molar-refractivity contribution < 1.29 is 5.11 Å². The molecule has 0 saturated heterocycles. The molecule has 0 aliphatic rings. The topological polar surface area (TPSA) is 60.9 Å². The molecular weight excluding hydrogens is 246 g/mol. The third-order valence-electron chi connectivity index (χ3n) is 2.66. The van der Waals surface area contributed by atoms with Gasteiger partial charge in [0.25, 0.3) is 0 Å². The predicted octanol–water partition coefficient (Wildman–Crippen LogP) is 1.93. The van der Waals surface area contributed by atoms with Crippen molar-refractivity contribution in [2.24, 2.45) is 0 Å². The van der Waals surface area contributed by atoms with Crippen LogP contribution in [-0.2, 0) is 0 Å². The average molecular weight is 265 g/mol. The van der Waals surface area contributed by atoms with Crippen LogP contribution >= 0.6 is 11.8 Å². The monoisotopic (exact) mass is 265 g/mol. The summed E-state index contributed by atoms with van der Waals surface area (Å²) in [5, 5.41) is 13.7. The fourth-order valence-corrected chi connectivity index (χ4v) is 2.53. The second-order valence-corrected chi connectivity index (χ2v) is 5.34. The fourth-order valence-electron chi connectivity index (χ4n) is 1.71. The number of aliphatic hydroxyl groups is 1. The number of hydrogen-bond acceptors (Lipinski definition) is 4. The molecule has 98 valence electrons. The van der Waals surface area contributed by atoms with Crippen LogP contribution in [0.4, 0.5) is 0 Å². The van der Waals surface area contributed by atoms with Gasteiger partial charge in [-0.05, 0) is 31.2 Å². The number of imidazole rings is 1. The molecule has 0 amide bonds. The van der Waals surface area contributed by atoms with Gasteiger partial charge in [-0.25, -0.2) is 4.98 Å². The lowest BCUT2D eigenvalue weighted by atomic mass is 10.2. The van der Waals surface area contributed by atoms with Crippen LogP contribution < -0.4 is 5.32 Å². The Morgan fingerprint density at radius 2 is 2.33 bits per heavy atom. The highest BCUT2D eigenvalue weighted by molar-refractivity contribution is 7.99. The van der Waals surface area contributed by atoms with E-state index in [2.05, 4.69) is 34.3 Å². The van der Waals surface area contributed by atoms with Crippen LogP contribution in [0, 0.1) is 6.92 Å². The Labute approximate surface area is 111 Å². The Bertz CT molecular complexity index is 512. The standard InChI is InChI=1S/C13H19N3OS/c1-3-14-7-10(17)8-18-13-15-11-5-4-9(2)6-12(11)16-13/h4-6,10,14,17H,3,7-8H2,1-2H3,(H,15,16). The largest absolute Gasteiger partial charge is 0.391 e. The summed E-state index contributed by atoms with van der Waals surface area (Å²) in [5.74, 6) is 0.645. The predicted molar refractivity (Wildman–Crippen MR) is 76.1 cm³/mol. The van der Waals surface area contributed by atoms with Gasteiger partial charge in [0, 0.05) is 12.3 Å². The van der Waals surface area contributed by atoms with E-state index >= 15 is 0 Å². The lowest BCUT2D eigenvalue weighted by Gasteiger charge is -2.08. The number of hydrogen-bond donors (Lipinski definition) is 3. The zero-order chi connectivity index (χ0) is 13.0. The van der Waals surface area contributed by atoms with Crippen LogP contribution in [0.1, 0.15) is 12.5 Å². The molecule has 2 rings (SSSR count). The lowest BCUT2D eigenvalue weighted by molar-refractivity contribution is 0.196. The molecule has 1 aromatic heterocycles. The molecule has 2 aromatic rings. The summed E-state index contributed by atoms with van der Waals surface area (Å²) >= 11 is 1.55. The molecule has 18 heavy (non-hydrogen) atoms. The molecule has 1 atom stereocenters. The maximum atomic E-state index is 9.74. The SMILES string of the molecule is CCNCC(O)CSc1nc2ccc(C)cc2[nH]1. The molecule has 0 fully saturated rings. The fraction of sp³-hybridized carbons (Fsp3) is 0.462. The van der Waals surface area contributed by atoms with E-state index in [1.807, 2.05) is 13.0 Å². The summed E-state index contributed by atoms with van der Waals surface area (Å²) < 4.78 is 0. The molecule has 5 heteroatoms. The van der Waals surface area contributed by atoms with E-state index in [4.69, 9.17) is 0 Å². The molecule has 0 bridgehead atoms. The number of benzene rings is 1. The minimum absolute atomic E-state index is 0.343. The second kappa shape index (κ2) is 6.22. The zero-order valence-corrected chi connectivity index (χ0v) is 11.5. The van der Waals surface area contributed by atoms with Crippen molar-refractivity contribution in [2.75, 3.05) is 18.8 Å². The molecule has 4 nitrogen and oxygen atoms in total. The smallest absolute Gasteiger partial charge is 0.166 e. The number of aromatic nitrogens is 2. The highest BCUT2D eigenvalue weighted by Crippen LogP contribution is 2.20. The highest BCUT2D eigenvalue weighted by Gasteiger charge is 2.07. The van der Waals surface area contributed by atoms with Crippen LogP contribution in [0.2, 0.25) is 0 Å². The van der Waals surface area contributed by atoms with E-state index in [0.29, 0.717) is 12.3 Å². The van der Waals surface area contributed by atoms with Crippen molar-refractivity contribution in [1.82, 2.24) is 15.3 Å². The van der Waals surface area contributed by atoms with Crippen molar-refractivity contribution in [3.63, 3.8) is 0 Å². The van der Waals surface area contributed by atoms with Crippen LogP contribution in [0.15, 0.2) is 23.4 Å². The lowest BCUT2D eigenvalue weighted by Crippen LogP contribution is -2.28. The Kier molecular flexibility index (Phi) is 4.63. The molecule has 1 aromatic carbocycles. The number of aryl methyl sites for hydroxylation is 1. The van der Waals surface area contributed by atoms with Gasteiger partial charge in [0.1, 0.15) is 0 Å². The van der Waals surface area contributed by atoms with E-state index in [9.17, 15) is 5.11 Å². The van der Waals surface area contributed by atoms with Gasteiger partial charge in [-0.15, -0.1) is 0 Å². The van der Waals surface area contributed by atoms with Gasteiger partial charge in [-0.3, -0.25) is 0 Å². The van der Waals surface area contributed by atoms with Crippen LogP contribution in [0.3, 0.4) is 0 Å². The number of nitrogens with zero attached hydrogens (tertiary/aromatic N) is 1. The Hall–Kier alpha value is -1.04. The van der Waals surface area contributed by atoms with E-state index in [0.717, 1.165) is 22.7 Å². The summed E-state index contributed by atoms with van der Waals surface area (Å²) in [7, 11) is 0. The van der Waals surface area contributed by atoms with Gasteiger partial charge in [0.05, 0.1) is 17.1 Å². The number of aliphatic hydroxyl groups excluding tert-OH is 1. The number of aromatic amines is 1. The van der Waals surface area contributed by atoms with Crippen molar-refractivity contribution in [2.45, 2.75) is 25.1 Å². The summed E-state index contributed by atoms with van der Waals surface area (Å²) in [4.78, 5) is 7.75. The van der Waals surface area contributed by atoms with Gasteiger partial charge in [-0.2, -0.15) is 0 Å². The van der Waals surface area contributed by atoms with E-state index < -0.39 is 0 Å². The molecule has 0 aliphatic carbocycles. The van der Waals surface area contributed by atoms with Crippen LogP contribution in [-0.4, -0.2) is 40.0 Å². The number of likely N-dealkylation sites (N-methyl/N-ethyl adjacent to an activating group) is 1. The van der Waals surface area contributed by atoms with Crippen LogP contribution in [0.5, 0.6) is 0 Å². The van der Waals surface area contributed by atoms with Crippen molar-refractivity contribution >= 4 is 22.8 Å². The molecular formula is C13H19N3OS. The van der Waals surface area contributed by atoms with Gasteiger partial charge >= 0.3 is 0 Å². The second-order valence-electron chi connectivity index (χ2n) is 4.34. The minimum Gasteiger partial charge on any atom is -0.391 e. The normalized spacial score (nSPS) is 13.1.